The molecule has 0 spiro atoms. The molecule has 1 aromatic carbocycles. The average Bonchev–Trinajstić information content (AvgIpc) is 2.13. The molecule has 0 aliphatic carbocycles. The first kappa shape index (κ1) is 10.7. The number of nitrogens with one attached hydrogen (secondary N) is 1. The molecule has 0 aliphatic rings. The number of benzene rings is 1. The molecule has 74 valence electrons. The van der Waals surface area contributed by atoms with Crippen LogP contribution in [-0.2, 0) is 0 Å². The van der Waals surface area contributed by atoms with Gasteiger partial charge in [0.1, 0.15) is 0 Å². The molecular weight excluding hydrogens is 170 g/mol. The molecule has 1 nitrogen and oxygen atoms in total. The van der Waals surface area contributed by atoms with Crippen LogP contribution < -0.4 is 5.32 Å². The van der Waals surface area contributed by atoms with E-state index in [4.69, 9.17) is 0 Å². The summed E-state index contributed by atoms with van der Waals surface area (Å²) in [7, 11) is 0. The number of hydrogen-bond acceptors (Lipinski definition) is 1. The molecule has 0 radical (unpaired) electrons. The quantitative estimate of drug-likeness (QED) is 0.701. The first-order valence-corrected chi connectivity index (χ1v) is 4.87. The number of hydrogen-bond donors (Lipinski definition) is 1. The van der Waals surface area contributed by atoms with Crippen LogP contribution >= 0.6 is 0 Å². The van der Waals surface area contributed by atoms with E-state index in [-0.39, 0.29) is 5.41 Å². The Hall–Kier alpha value is -1.42. The standard InChI is InChI=1S/C13H17N/c1-13(2,3)10-7-11-14-12-8-5-4-6-9-12/h4-6,8-9,14H,11H2,1-3H3. The lowest BCUT2D eigenvalue weighted by Crippen LogP contribution is -2.03. The van der Waals surface area contributed by atoms with Crippen LogP contribution in [0.3, 0.4) is 0 Å². The van der Waals surface area contributed by atoms with Crippen molar-refractivity contribution >= 4 is 5.69 Å². The Morgan fingerprint density at radius 3 is 2.36 bits per heavy atom. The first-order chi connectivity index (χ1) is 6.58. The fourth-order valence-electron chi connectivity index (χ4n) is 1.01. The van der Waals surface area contributed by atoms with E-state index in [0.717, 1.165) is 5.69 Å². The molecule has 0 unspecified atom stereocenters. The molecule has 0 fully saturated rings. The first-order valence-electron chi connectivity index (χ1n) is 4.87. The van der Waals surface area contributed by atoms with Gasteiger partial charge in [-0.25, -0.2) is 0 Å². The highest BCUT2D eigenvalue weighted by atomic mass is 14.8. The Kier molecular flexibility index (Phi) is 3.59. The minimum Gasteiger partial charge on any atom is -0.374 e. The van der Waals surface area contributed by atoms with Gasteiger partial charge >= 0.3 is 0 Å². The van der Waals surface area contributed by atoms with Crippen LogP contribution in [0.4, 0.5) is 5.69 Å². The van der Waals surface area contributed by atoms with Gasteiger partial charge in [0.2, 0.25) is 0 Å². The van der Waals surface area contributed by atoms with Gasteiger partial charge in [0.05, 0.1) is 6.54 Å². The SMILES string of the molecule is CC(C)(C)C#CCNc1ccccc1. The van der Waals surface area contributed by atoms with Gasteiger partial charge in [-0.2, -0.15) is 0 Å². The predicted octanol–water partition coefficient (Wildman–Crippen LogP) is 3.15. The minimum absolute atomic E-state index is 0.0956. The lowest BCUT2D eigenvalue weighted by atomic mass is 9.98. The number of anilines is 1. The highest BCUT2D eigenvalue weighted by Crippen LogP contribution is 2.09. The van der Waals surface area contributed by atoms with Gasteiger partial charge in [-0.15, -0.1) is 0 Å². The normalized spacial score (nSPS) is 10.2. The maximum absolute atomic E-state index is 3.24. The van der Waals surface area contributed by atoms with E-state index < -0.39 is 0 Å². The summed E-state index contributed by atoms with van der Waals surface area (Å²) in [5.74, 6) is 6.29. The van der Waals surface area contributed by atoms with Crippen molar-refractivity contribution in [1.82, 2.24) is 0 Å². The van der Waals surface area contributed by atoms with Crippen molar-refractivity contribution in [3.05, 3.63) is 30.3 Å². The molecule has 0 aromatic heterocycles. The van der Waals surface area contributed by atoms with Crippen LogP contribution in [0.5, 0.6) is 0 Å². The van der Waals surface area contributed by atoms with Crippen molar-refractivity contribution in [2.24, 2.45) is 5.41 Å². The molecule has 0 amide bonds. The van der Waals surface area contributed by atoms with Gasteiger partial charge in [0.15, 0.2) is 0 Å². The second-order valence-electron chi connectivity index (χ2n) is 4.27. The minimum atomic E-state index is 0.0956. The Morgan fingerprint density at radius 1 is 1.14 bits per heavy atom. The summed E-state index contributed by atoms with van der Waals surface area (Å²) in [5.41, 5.74) is 1.22. The van der Waals surface area contributed by atoms with Gasteiger partial charge in [0, 0.05) is 11.1 Å². The van der Waals surface area contributed by atoms with Crippen LogP contribution in [-0.4, -0.2) is 6.54 Å². The summed E-state index contributed by atoms with van der Waals surface area (Å²) >= 11 is 0. The molecule has 1 heteroatoms. The molecule has 0 bridgehead atoms. The Labute approximate surface area is 86.5 Å². The molecule has 1 aromatic rings. The zero-order chi connectivity index (χ0) is 10.4. The predicted molar refractivity (Wildman–Crippen MR) is 62.2 cm³/mol. The molecule has 0 saturated carbocycles. The summed E-state index contributed by atoms with van der Waals surface area (Å²) in [6.45, 7) is 7.05. The molecule has 1 N–H and O–H groups in total. The molecule has 0 atom stereocenters. The van der Waals surface area contributed by atoms with Crippen LogP contribution in [0, 0.1) is 17.3 Å². The lowest BCUT2D eigenvalue weighted by molar-refractivity contribution is 0.570. The largest absolute Gasteiger partial charge is 0.374 e. The lowest BCUT2D eigenvalue weighted by Gasteiger charge is -2.07. The second-order valence-corrected chi connectivity index (χ2v) is 4.27. The smallest absolute Gasteiger partial charge is 0.0766 e. The Balaban J connectivity index is 2.39. The van der Waals surface area contributed by atoms with E-state index in [1.807, 2.05) is 30.3 Å². The third-order valence-electron chi connectivity index (χ3n) is 1.62. The summed E-state index contributed by atoms with van der Waals surface area (Å²) in [4.78, 5) is 0. The fourth-order valence-corrected chi connectivity index (χ4v) is 1.01. The van der Waals surface area contributed by atoms with E-state index >= 15 is 0 Å². The molecule has 0 saturated heterocycles. The van der Waals surface area contributed by atoms with Crippen LogP contribution in [0.2, 0.25) is 0 Å². The Morgan fingerprint density at radius 2 is 1.79 bits per heavy atom. The van der Waals surface area contributed by atoms with Gasteiger partial charge in [-0.3, -0.25) is 0 Å². The number of rotatable bonds is 2. The van der Waals surface area contributed by atoms with Crippen LogP contribution in [0.1, 0.15) is 20.8 Å². The van der Waals surface area contributed by atoms with Crippen LogP contribution in [0.15, 0.2) is 30.3 Å². The highest BCUT2D eigenvalue weighted by Gasteiger charge is 2.02. The highest BCUT2D eigenvalue weighted by molar-refractivity contribution is 5.43. The topological polar surface area (TPSA) is 12.0 Å². The Bertz CT molecular complexity index is 322. The van der Waals surface area contributed by atoms with Crippen molar-refractivity contribution in [3.63, 3.8) is 0 Å². The molecule has 0 heterocycles. The zero-order valence-electron chi connectivity index (χ0n) is 9.09. The van der Waals surface area contributed by atoms with Gasteiger partial charge in [0.25, 0.3) is 0 Å². The maximum Gasteiger partial charge on any atom is 0.0766 e. The van der Waals surface area contributed by atoms with Crippen LogP contribution in [0.25, 0.3) is 0 Å². The zero-order valence-corrected chi connectivity index (χ0v) is 9.09. The second kappa shape index (κ2) is 4.72. The van der Waals surface area contributed by atoms with Crippen molar-refractivity contribution in [3.8, 4) is 11.8 Å². The van der Waals surface area contributed by atoms with Crippen molar-refractivity contribution in [2.45, 2.75) is 20.8 Å². The van der Waals surface area contributed by atoms with Crippen molar-refractivity contribution in [2.75, 3.05) is 11.9 Å². The van der Waals surface area contributed by atoms with E-state index in [1.54, 1.807) is 0 Å². The molecule has 14 heavy (non-hydrogen) atoms. The van der Waals surface area contributed by atoms with Gasteiger partial charge in [-0.05, 0) is 32.9 Å². The third kappa shape index (κ3) is 4.57. The molecule has 0 aliphatic heterocycles. The summed E-state index contributed by atoms with van der Waals surface area (Å²) in [5, 5.41) is 3.24. The summed E-state index contributed by atoms with van der Waals surface area (Å²) < 4.78 is 0. The van der Waals surface area contributed by atoms with Crippen molar-refractivity contribution in [1.29, 1.82) is 0 Å². The van der Waals surface area contributed by atoms with E-state index in [9.17, 15) is 0 Å². The van der Waals surface area contributed by atoms with Gasteiger partial charge in [-0.1, -0.05) is 30.0 Å². The van der Waals surface area contributed by atoms with E-state index in [0.29, 0.717) is 6.54 Å². The average molecular weight is 187 g/mol. The summed E-state index contributed by atoms with van der Waals surface area (Å²) in [6.07, 6.45) is 0. The maximum atomic E-state index is 3.24. The van der Waals surface area contributed by atoms with Gasteiger partial charge < -0.3 is 5.32 Å². The molecular formula is C13H17N. The monoisotopic (exact) mass is 187 g/mol. The van der Waals surface area contributed by atoms with E-state index in [2.05, 4.69) is 37.9 Å². The third-order valence-corrected chi connectivity index (χ3v) is 1.62. The summed E-state index contributed by atoms with van der Waals surface area (Å²) in [6, 6.07) is 10.1. The van der Waals surface area contributed by atoms with E-state index in [1.165, 1.54) is 0 Å². The molecule has 1 rings (SSSR count). The fraction of sp³-hybridized carbons (Fsp3) is 0.385. The van der Waals surface area contributed by atoms with Crippen molar-refractivity contribution < 1.29 is 0 Å². The number of para-hydroxylation sites is 1.